The van der Waals surface area contributed by atoms with Crippen LogP contribution in [-0.2, 0) is 0 Å². The van der Waals surface area contributed by atoms with Crippen LogP contribution >= 0.6 is 0 Å². The van der Waals surface area contributed by atoms with Gasteiger partial charge in [0.25, 0.3) is 11.8 Å². The maximum Gasteiger partial charge on any atom is 0.333 e. The molecule has 2 fully saturated rings. The van der Waals surface area contributed by atoms with E-state index in [1.54, 1.807) is 48.8 Å². The first-order valence-electron chi connectivity index (χ1n) is 13.3. The van der Waals surface area contributed by atoms with E-state index in [9.17, 15) is 23.5 Å². The van der Waals surface area contributed by atoms with Gasteiger partial charge in [-0.15, -0.1) is 5.10 Å². The van der Waals surface area contributed by atoms with E-state index in [0.717, 1.165) is 25.7 Å². The zero-order valence-electron chi connectivity index (χ0n) is 22.5. The van der Waals surface area contributed by atoms with Crippen molar-refractivity contribution in [2.24, 2.45) is 11.1 Å². The average molecular weight is 569 g/mol. The van der Waals surface area contributed by atoms with E-state index >= 15 is 0 Å². The van der Waals surface area contributed by atoms with Crippen LogP contribution in [0.3, 0.4) is 0 Å². The van der Waals surface area contributed by atoms with Crippen LogP contribution in [0.1, 0.15) is 66.9 Å². The van der Waals surface area contributed by atoms with Crippen molar-refractivity contribution in [2.75, 3.05) is 6.61 Å². The number of aliphatic hydroxyl groups is 1. The van der Waals surface area contributed by atoms with Crippen LogP contribution in [0.15, 0.2) is 42.6 Å². The Morgan fingerprint density at radius 1 is 1.17 bits per heavy atom. The number of amides is 2. The normalized spacial score (nSPS) is 22.1. The summed E-state index contributed by atoms with van der Waals surface area (Å²) in [4.78, 5) is 25.1. The summed E-state index contributed by atoms with van der Waals surface area (Å²) in [5, 5.41) is 21.3. The number of hydrogen-bond acceptors (Lipinski definition) is 7. The second-order valence-electron chi connectivity index (χ2n) is 11.7. The summed E-state index contributed by atoms with van der Waals surface area (Å²) >= 11 is 0. The minimum atomic E-state index is -2.95. The van der Waals surface area contributed by atoms with Crippen molar-refractivity contribution in [3.05, 3.63) is 53.9 Å². The summed E-state index contributed by atoms with van der Waals surface area (Å²) in [5.41, 5.74) is 5.28. The topological polar surface area (TPSA) is 146 Å². The number of pyridine rings is 1. The number of benzene rings is 1. The molecule has 2 aliphatic carbocycles. The summed E-state index contributed by atoms with van der Waals surface area (Å²) in [6.45, 7) is 0.153. The molecule has 2 aliphatic rings. The number of carbonyl (C=O) groups excluding carboxylic acids is 2. The fourth-order valence-electron chi connectivity index (χ4n) is 5.90. The second kappa shape index (κ2) is 9.68. The molecule has 11 nitrogen and oxygen atoms in total. The molecule has 3 aromatic heterocycles. The first kappa shape index (κ1) is 26.9. The Labute approximate surface area is 233 Å². The molecular formula is C28H30F2N6O5. The minimum Gasteiger partial charge on any atom is -0.491 e. The molecule has 3 heterocycles. The zero-order chi connectivity index (χ0) is 29.1. The molecule has 2 amide bonds. The summed E-state index contributed by atoms with van der Waals surface area (Å²) in [6.07, 6.45) is 4.50. The molecule has 0 bridgehead atoms. The molecule has 41 heavy (non-hydrogen) atoms. The number of carbonyl (C=O) groups is 2. The van der Waals surface area contributed by atoms with E-state index in [2.05, 4.69) is 15.5 Å². The molecular weight excluding hydrogens is 538 g/mol. The van der Waals surface area contributed by atoms with Crippen LogP contribution in [0.4, 0.5) is 8.78 Å². The van der Waals surface area contributed by atoms with Crippen LogP contribution in [0.25, 0.3) is 16.4 Å². The quantitative estimate of drug-likeness (QED) is 0.280. The monoisotopic (exact) mass is 568 g/mol. The van der Waals surface area contributed by atoms with Gasteiger partial charge in [0.1, 0.15) is 24.0 Å². The van der Waals surface area contributed by atoms with Crippen LogP contribution in [0, 0.1) is 5.41 Å². The van der Waals surface area contributed by atoms with Gasteiger partial charge in [-0.05, 0) is 69.2 Å². The Hall–Kier alpha value is -4.26. The maximum atomic E-state index is 13.7. The summed E-state index contributed by atoms with van der Waals surface area (Å²) in [5.74, 6) is -0.644. The molecule has 0 saturated heterocycles. The number of ether oxygens (including phenoxy) is 2. The summed E-state index contributed by atoms with van der Waals surface area (Å²) in [7, 11) is 0. The Bertz CT molecular complexity index is 1640. The number of primary amides is 1. The fraction of sp³-hybridized carbons (Fsp3) is 0.429. The van der Waals surface area contributed by atoms with Gasteiger partial charge in [0.2, 0.25) is 5.88 Å². The molecule has 13 heteroatoms. The van der Waals surface area contributed by atoms with Gasteiger partial charge in [-0.3, -0.25) is 9.59 Å². The lowest BCUT2D eigenvalue weighted by molar-refractivity contribution is -0.0848. The van der Waals surface area contributed by atoms with Gasteiger partial charge in [0.15, 0.2) is 5.69 Å². The van der Waals surface area contributed by atoms with E-state index in [1.165, 1.54) is 12.1 Å². The highest BCUT2D eigenvalue weighted by Gasteiger charge is 2.54. The third-order valence-electron chi connectivity index (χ3n) is 7.72. The molecule has 4 N–H and O–H groups in total. The second-order valence-corrected chi connectivity index (χ2v) is 11.7. The highest BCUT2D eigenvalue weighted by molar-refractivity contribution is 6.05. The van der Waals surface area contributed by atoms with Gasteiger partial charge in [-0.25, -0.2) is 9.20 Å². The highest BCUT2D eigenvalue weighted by Crippen LogP contribution is 2.57. The number of nitrogens with one attached hydrogen (secondary N) is 1. The van der Waals surface area contributed by atoms with E-state index in [0.29, 0.717) is 10.2 Å². The molecule has 0 atom stereocenters. The largest absolute Gasteiger partial charge is 0.491 e. The fourth-order valence-corrected chi connectivity index (χ4v) is 5.90. The Morgan fingerprint density at radius 2 is 1.93 bits per heavy atom. The molecule has 0 radical (unpaired) electrons. The molecule has 2 saturated carbocycles. The number of nitrogens with zero attached hydrogens (tertiary/aromatic N) is 4. The number of halogens is 2. The molecule has 4 aromatic rings. The predicted molar refractivity (Wildman–Crippen MR) is 143 cm³/mol. The first-order chi connectivity index (χ1) is 19.4. The van der Waals surface area contributed by atoms with Crippen molar-refractivity contribution in [2.45, 2.75) is 63.8 Å². The Morgan fingerprint density at radius 3 is 2.61 bits per heavy atom. The van der Waals surface area contributed by atoms with Crippen molar-refractivity contribution in [1.82, 2.24) is 24.7 Å². The minimum absolute atomic E-state index is 0.00574. The number of aromatic nitrogens is 4. The molecule has 216 valence electrons. The third-order valence-corrected chi connectivity index (χ3v) is 7.72. The van der Waals surface area contributed by atoms with Crippen molar-refractivity contribution >= 4 is 28.2 Å². The maximum absolute atomic E-state index is 13.7. The number of alkyl halides is 2. The van der Waals surface area contributed by atoms with Gasteiger partial charge in [0, 0.05) is 23.7 Å². The van der Waals surface area contributed by atoms with Crippen LogP contribution < -0.4 is 20.5 Å². The van der Waals surface area contributed by atoms with E-state index < -0.39 is 24.0 Å². The van der Waals surface area contributed by atoms with E-state index in [-0.39, 0.29) is 58.0 Å². The zero-order valence-corrected chi connectivity index (χ0v) is 22.5. The number of nitrogens with two attached hydrogens (primary N) is 1. The van der Waals surface area contributed by atoms with Gasteiger partial charge >= 0.3 is 6.55 Å². The van der Waals surface area contributed by atoms with Gasteiger partial charge in [-0.1, -0.05) is 6.07 Å². The lowest BCUT2D eigenvalue weighted by atomic mass is 9.53. The van der Waals surface area contributed by atoms with Crippen LogP contribution in [0.5, 0.6) is 11.6 Å². The summed E-state index contributed by atoms with van der Waals surface area (Å²) in [6, 6.07) is 9.67. The van der Waals surface area contributed by atoms with Crippen molar-refractivity contribution < 1.29 is 33.0 Å². The van der Waals surface area contributed by atoms with Gasteiger partial charge in [-0.2, -0.15) is 13.9 Å². The van der Waals surface area contributed by atoms with Crippen LogP contribution in [0.2, 0.25) is 0 Å². The Balaban J connectivity index is 1.08. The predicted octanol–water partition coefficient (Wildman–Crippen LogP) is 3.45. The Kier molecular flexibility index (Phi) is 6.36. The third kappa shape index (κ3) is 5.05. The molecule has 1 spiro atoms. The van der Waals surface area contributed by atoms with E-state index in [1.807, 2.05) is 0 Å². The number of hydrogen-bond donors (Lipinski definition) is 3. The number of rotatable bonds is 9. The van der Waals surface area contributed by atoms with Crippen molar-refractivity contribution in [3.8, 4) is 11.6 Å². The molecule has 1 aromatic carbocycles. The van der Waals surface area contributed by atoms with Gasteiger partial charge < -0.3 is 25.6 Å². The summed E-state index contributed by atoms with van der Waals surface area (Å²) < 4.78 is 41.1. The lowest BCUT2D eigenvalue weighted by Gasteiger charge is -2.57. The van der Waals surface area contributed by atoms with E-state index in [4.69, 9.17) is 15.2 Å². The standard InChI is InChI=1S/C28H30F2N6O5/c1-27(2,39)14-40-16-6-7-18-20(9-16)36(26(29)30)33-22(18)24(38)32-15-10-28(11-15)12-17(13-28)41-25-21(23(31)37)19-5-3-4-8-35(19)34-25/h3-9,15,17,26,39H,10-14H2,1-2H3,(H2,31,37)(H,32,38)/t15-,17-,28?. The van der Waals surface area contributed by atoms with Crippen LogP contribution in [-0.4, -0.2) is 60.7 Å². The number of fused-ring (bicyclic) bond motifs is 2. The lowest BCUT2D eigenvalue weighted by Crippen LogP contribution is -2.58. The van der Waals surface area contributed by atoms with Crippen molar-refractivity contribution in [1.29, 1.82) is 0 Å². The SMILES string of the molecule is CC(C)(O)COc1ccc2c(C(=O)N[C@H]3CC4(C3)C[C@H](Oc3nn5ccccc5c3C(N)=O)C4)nn(C(F)F)c2c1. The highest BCUT2D eigenvalue weighted by atomic mass is 19.3. The average Bonchev–Trinajstić information content (AvgIpc) is 3.42. The smallest absolute Gasteiger partial charge is 0.333 e. The first-order valence-corrected chi connectivity index (χ1v) is 13.3. The molecule has 0 unspecified atom stereocenters. The van der Waals surface area contributed by atoms with Crippen molar-refractivity contribution in [3.63, 3.8) is 0 Å². The van der Waals surface area contributed by atoms with Gasteiger partial charge in [0.05, 0.1) is 16.6 Å². The molecule has 6 rings (SSSR count). The molecule has 0 aliphatic heterocycles.